The molecule has 0 spiro atoms. The number of amides is 3. The van der Waals surface area contributed by atoms with E-state index in [0.29, 0.717) is 30.6 Å². The van der Waals surface area contributed by atoms with Crippen LogP contribution < -0.4 is 16.4 Å². The molecule has 4 unspecified atom stereocenters. The lowest BCUT2D eigenvalue weighted by Crippen LogP contribution is -2.57. The summed E-state index contributed by atoms with van der Waals surface area (Å²) < 4.78 is 0. The number of phenolic OH excluding ortho intramolecular Hbond substituents is 1. The number of benzene rings is 1. The highest BCUT2D eigenvalue weighted by atomic mass is 16.4. The molecule has 7 N–H and O–H groups in total. The summed E-state index contributed by atoms with van der Waals surface area (Å²) in [5.74, 6) is -2.76. The number of aromatic hydroxyl groups is 1. The Balaban J connectivity index is 1.74. The van der Waals surface area contributed by atoms with Crippen molar-refractivity contribution >= 4 is 23.7 Å². The Labute approximate surface area is 201 Å². The summed E-state index contributed by atoms with van der Waals surface area (Å²) in [7, 11) is 0. The quantitative estimate of drug-likeness (QED) is 0.254. The van der Waals surface area contributed by atoms with E-state index in [0.717, 1.165) is 0 Å². The summed E-state index contributed by atoms with van der Waals surface area (Å²) in [5, 5.41) is 24.3. The molecule has 1 aliphatic rings. The number of rotatable bonds is 10. The van der Waals surface area contributed by atoms with Crippen molar-refractivity contribution in [2.45, 2.75) is 56.8 Å². The fourth-order valence-electron chi connectivity index (χ4n) is 4.00. The van der Waals surface area contributed by atoms with Crippen molar-refractivity contribution in [1.82, 2.24) is 25.5 Å². The maximum atomic E-state index is 13.1. The standard InChI is InChI=1S/C23H30N6O6/c1-13(24)22(33)29-8-2-3-19(29)21(32)27-17(10-15-11-25-12-26-15)20(31)28-18(23(34)35)9-14-4-6-16(30)7-5-14/h4-7,11-13,17-19,30H,2-3,8-10,24H2,1H3,(H,25,26)(H,27,32)(H,28,31)(H,34,35). The van der Waals surface area contributed by atoms with Crippen molar-refractivity contribution < 1.29 is 29.4 Å². The molecule has 12 nitrogen and oxygen atoms in total. The van der Waals surface area contributed by atoms with Crippen LogP contribution in [0.4, 0.5) is 0 Å². The molecule has 1 fully saturated rings. The summed E-state index contributed by atoms with van der Waals surface area (Å²) in [4.78, 5) is 58.6. The molecule has 0 saturated carbocycles. The molecular formula is C23H30N6O6. The number of aromatic amines is 1. The second-order valence-electron chi connectivity index (χ2n) is 8.59. The topological polar surface area (TPSA) is 191 Å². The Morgan fingerprint density at radius 1 is 1.17 bits per heavy atom. The molecule has 1 aromatic carbocycles. The molecule has 0 aliphatic carbocycles. The largest absolute Gasteiger partial charge is 0.508 e. The minimum Gasteiger partial charge on any atom is -0.508 e. The highest BCUT2D eigenvalue weighted by Crippen LogP contribution is 2.19. The van der Waals surface area contributed by atoms with Gasteiger partial charge in [0.25, 0.3) is 0 Å². The fraction of sp³-hybridized carbons (Fsp3) is 0.435. The molecule has 2 aromatic rings. The average Bonchev–Trinajstić information content (AvgIpc) is 3.51. The van der Waals surface area contributed by atoms with Gasteiger partial charge in [-0.15, -0.1) is 0 Å². The van der Waals surface area contributed by atoms with Gasteiger partial charge < -0.3 is 36.5 Å². The van der Waals surface area contributed by atoms with Gasteiger partial charge >= 0.3 is 5.97 Å². The minimum atomic E-state index is -1.27. The van der Waals surface area contributed by atoms with E-state index in [1.165, 1.54) is 29.6 Å². The molecule has 3 rings (SSSR count). The van der Waals surface area contributed by atoms with Gasteiger partial charge in [-0.2, -0.15) is 0 Å². The molecule has 0 bridgehead atoms. The number of H-pyrrole nitrogens is 1. The van der Waals surface area contributed by atoms with Gasteiger partial charge in [-0.05, 0) is 37.5 Å². The third-order valence-corrected chi connectivity index (χ3v) is 5.83. The molecule has 2 heterocycles. The molecule has 1 saturated heterocycles. The van der Waals surface area contributed by atoms with E-state index in [1.54, 1.807) is 19.1 Å². The molecule has 188 valence electrons. The molecule has 35 heavy (non-hydrogen) atoms. The number of likely N-dealkylation sites (tertiary alicyclic amines) is 1. The predicted molar refractivity (Wildman–Crippen MR) is 124 cm³/mol. The molecule has 0 radical (unpaired) electrons. The monoisotopic (exact) mass is 486 g/mol. The van der Waals surface area contributed by atoms with Crippen LogP contribution in [0.2, 0.25) is 0 Å². The number of hydrogen-bond acceptors (Lipinski definition) is 7. The van der Waals surface area contributed by atoms with Crippen LogP contribution in [0.5, 0.6) is 5.75 Å². The maximum Gasteiger partial charge on any atom is 0.326 e. The highest BCUT2D eigenvalue weighted by molar-refractivity contribution is 5.94. The lowest BCUT2D eigenvalue weighted by Gasteiger charge is -2.28. The first-order valence-corrected chi connectivity index (χ1v) is 11.3. The van der Waals surface area contributed by atoms with Gasteiger partial charge in [0, 0.05) is 31.3 Å². The third kappa shape index (κ3) is 6.79. The van der Waals surface area contributed by atoms with E-state index in [4.69, 9.17) is 5.73 Å². The number of hydrogen-bond donors (Lipinski definition) is 6. The smallest absolute Gasteiger partial charge is 0.326 e. The average molecular weight is 487 g/mol. The number of nitrogens with two attached hydrogens (primary N) is 1. The summed E-state index contributed by atoms with van der Waals surface area (Å²) >= 11 is 0. The number of aliphatic carboxylic acids is 1. The Hall–Kier alpha value is -3.93. The van der Waals surface area contributed by atoms with Gasteiger partial charge in [-0.1, -0.05) is 12.1 Å². The number of nitrogens with zero attached hydrogens (tertiary/aromatic N) is 2. The SMILES string of the molecule is CC(N)C(=O)N1CCCC1C(=O)NC(Cc1cnc[nH]1)C(=O)NC(Cc1ccc(O)cc1)C(=O)O. The summed E-state index contributed by atoms with van der Waals surface area (Å²) in [6.07, 6.45) is 4.00. The number of imidazole rings is 1. The number of phenols is 1. The summed E-state index contributed by atoms with van der Waals surface area (Å²) in [6, 6.07) is 2.06. The Bertz CT molecular complexity index is 1040. The van der Waals surface area contributed by atoms with Gasteiger partial charge in [0.1, 0.15) is 23.9 Å². The lowest BCUT2D eigenvalue weighted by atomic mass is 10.0. The zero-order valence-electron chi connectivity index (χ0n) is 19.3. The van der Waals surface area contributed by atoms with Gasteiger partial charge in [-0.3, -0.25) is 14.4 Å². The Kier molecular flexibility index (Phi) is 8.42. The number of nitrogens with one attached hydrogen (secondary N) is 3. The zero-order valence-corrected chi connectivity index (χ0v) is 19.3. The van der Waals surface area contributed by atoms with Gasteiger partial charge in [-0.25, -0.2) is 9.78 Å². The summed E-state index contributed by atoms with van der Waals surface area (Å²) in [5.41, 5.74) is 6.86. The van der Waals surface area contributed by atoms with Crippen LogP contribution in [0.3, 0.4) is 0 Å². The van der Waals surface area contributed by atoms with E-state index in [9.17, 15) is 29.4 Å². The molecule has 3 amide bonds. The third-order valence-electron chi connectivity index (χ3n) is 5.83. The molecule has 12 heteroatoms. The first-order chi connectivity index (χ1) is 16.7. The predicted octanol–water partition coefficient (Wildman–Crippen LogP) is -0.707. The van der Waals surface area contributed by atoms with Crippen LogP contribution in [0.1, 0.15) is 31.0 Å². The lowest BCUT2D eigenvalue weighted by molar-refractivity contribution is -0.143. The van der Waals surface area contributed by atoms with Gasteiger partial charge in [0.05, 0.1) is 12.4 Å². The summed E-state index contributed by atoms with van der Waals surface area (Å²) in [6.45, 7) is 1.94. The van der Waals surface area contributed by atoms with Crippen molar-refractivity contribution in [2.24, 2.45) is 5.73 Å². The van der Waals surface area contributed by atoms with Crippen molar-refractivity contribution in [3.63, 3.8) is 0 Å². The number of aromatic nitrogens is 2. The number of carboxylic acids is 1. The van der Waals surface area contributed by atoms with Crippen LogP contribution in [0.25, 0.3) is 0 Å². The fourth-order valence-corrected chi connectivity index (χ4v) is 4.00. The van der Waals surface area contributed by atoms with Crippen molar-refractivity contribution in [3.8, 4) is 5.75 Å². The molecule has 1 aliphatic heterocycles. The number of carbonyl (C=O) groups is 4. The highest BCUT2D eigenvalue weighted by Gasteiger charge is 2.37. The normalized spacial score (nSPS) is 17.9. The minimum absolute atomic E-state index is 0.0225. The van der Waals surface area contributed by atoms with E-state index < -0.39 is 42.0 Å². The van der Waals surface area contributed by atoms with E-state index in [2.05, 4.69) is 20.6 Å². The van der Waals surface area contributed by atoms with Gasteiger partial charge in [0.2, 0.25) is 17.7 Å². The van der Waals surface area contributed by atoms with E-state index in [1.807, 2.05) is 0 Å². The molecule has 1 aromatic heterocycles. The van der Waals surface area contributed by atoms with Crippen LogP contribution in [-0.4, -0.2) is 79.5 Å². The van der Waals surface area contributed by atoms with Crippen LogP contribution in [-0.2, 0) is 32.0 Å². The first kappa shape index (κ1) is 25.7. The second kappa shape index (κ2) is 11.5. The van der Waals surface area contributed by atoms with Crippen LogP contribution >= 0.6 is 0 Å². The van der Waals surface area contributed by atoms with Crippen molar-refractivity contribution in [1.29, 1.82) is 0 Å². The van der Waals surface area contributed by atoms with E-state index >= 15 is 0 Å². The number of carboxylic acid groups (broad SMARTS) is 1. The molecular weight excluding hydrogens is 456 g/mol. The Morgan fingerprint density at radius 2 is 1.89 bits per heavy atom. The maximum absolute atomic E-state index is 13.1. The zero-order chi connectivity index (χ0) is 25.5. The van der Waals surface area contributed by atoms with E-state index in [-0.39, 0.29) is 24.5 Å². The van der Waals surface area contributed by atoms with Gasteiger partial charge in [0.15, 0.2) is 0 Å². The van der Waals surface area contributed by atoms with Crippen LogP contribution in [0.15, 0.2) is 36.8 Å². The second-order valence-corrected chi connectivity index (χ2v) is 8.59. The number of carbonyl (C=O) groups excluding carboxylic acids is 3. The molecule has 4 atom stereocenters. The Morgan fingerprint density at radius 3 is 2.49 bits per heavy atom. The van der Waals surface area contributed by atoms with Crippen molar-refractivity contribution in [2.75, 3.05) is 6.54 Å². The van der Waals surface area contributed by atoms with Crippen molar-refractivity contribution in [3.05, 3.63) is 48.0 Å². The first-order valence-electron chi connectivity index (χ1n) is 11.3. The van der Waals surface area contributed by atoms with Crippen LogP contribution in [0, 0.1) is 0 Å².